The quantitative estimate of drug-likeness (QED) is 0.859. The van der Waals surface area contributed by atoms with Crippen molar-refractivity contribution in [1.29, 1.82) is 0 Å². The van der Waals surface area contributed by atoms with Crippen LogP contribution in [0.15, 0.2) is 24.3 Å². The summed E-state index contributed by atoms with van der Waals surface area (Å²) in [7, 11) is 0. The van der Waals surface area contributed by atoms with Gasteiger partial charge in [0.15, 0.2) is 0 Å². The predicted molar refractivity (Wildman–Crippen MR) is 70.8 cm³/mol. The standard InChI is InChI=1S/C15H22N2/c16-9-8-15(6-7-15)12-17-10-5-13-3-1-2-4-14(13)11-17/h1-4H,5-12,16H2. The molecule has 3 rings (SSSR count). The lowest BCUT2D eigenvalue weighted by atomic mass is 9.96. The largest absolute Gasteiger partial charge is 0.330 e. The highest BCUT2D eigenvalue weighted by Crippen LogP contribution is 2.49. The Balaban J connectivity index is 1.64. The van der Waals surface area contributed by atoms with Crippen LogP contribution >= 0.6 is 0 Å². The summed E-state index contributed by atoms with van der Waals surface area (Å²) in [6.07, 6.45) is 5.21. The topological polar surface area (TPSA) is 29.3 Å². The molecule has 1 aromatic rings. The van der Waals surface area contributed by atoms with Crippen LogP contribution in [0.2, 0.25) is 0 Å². The molecular weight excluding hydrogens is 208 g/mol. The number of nitrogens with two attached hydrogens (primary N) is 1. The minimum absolute atomic E-state index is 0.584. The molecule has 0 bridgehead atoms. The van der Waals surface area contributed by atoms with E-state index in [0.29, 0.717) is 5.41 Å². The molecule has 1 saturated carbocycles. The lowest BCUT2D eigenvalue weighted by Gasteiger charge is -2.32. The van der Waals surface area contributed by atoms with E-state index in [4.69, 9.17) is 5.73 Å². The number of benzene rings is 1. The van der Waals surface area contributed by atoms with E-state index in [9.17, 15) is 0 Å². The maximum absolute atomic E-state index is 5.72. The predicted octanol–water partition coefficient (Wildman–Crippen LogP) is 2.17. The summed E-state index contributed by atoms with van der Waals surface area (Å²) in [5, 5.41) is 0. The molecule has 0 unspecified atom stereocenters. The van der Waals surface area contributed by atoms with Crippen LogP contribution in [0.3, 0.4) is 0 Å². The van der Waals surface area contributed by atoms with Crippen LogP contribution in [-0.4, -0.2) is 24.5 Å². The number of hydrogen-bond acceptors (Lipinski definition) is 2. The Hall–Kier alpha value is -0.860. The molecule has 2 heteroatoms. The van der Waals surface area contributed by atoms with Crippen LogP contribution in [0.1, 0.15) is 30.4 Å². The molecule has 0 spiro atoms. The molecule has 17 heavy (non-hydrogen) atoms. The Morgan fingerprint density at radius 3 is 2.65 bits per heavy atom. The van der Waals surface area contributed by atoms with Gasteiger partial charge in [-0.3, -0.25) is 4.90 Å². The van der Waals surface area contributed by atoms with Gasteiger partial charge in [0.05, 0.1) is 0 Å². The number of nitrogens with zero attached hydrogens (tertiary/aromatic N) is 1. The normalized spacial score (nSPS) is 22.2. The molecule has 0 saturated heterocycles. The van der Waals surface area contributed by atoms with Crippen molar-refractivity contribution in [3.63, 3.8) is 0 Å². The van der Waals surface area contributed by atoms with Crippen molar-refractivity contribution in [2.75, 3.05) is 19.6 Å². The van der Waals surface area contributed by atoms with Gasteiger partial charge in [0, 0.05) is 19.6 Å². The van der Waals surface area contributed by atoms with Gasteiger partial charge in [-0.2, -0.15) is 0 Å². The molecule has 92 valence electrons. The van der Waals surface area contributed by atoms with E-state index < -0.39 is 0 Å². The minimum atomic E-state index is 0.584. The first kappa shape index (κ1) is 11.2. The van der Waals surface area contributed by atoms with Crippen molar-refractivity contribution < 1.29 is 0 Å². The van der Waals surface area contributed by atoms with Gasteiger partial charge in [0.1, 0.15) is 0 Å². The van der Waals surface area contributed by atoms with Crippen molar-refractivity contribution in [3.8, 4) is 0 Å². The average Bonchev–Trinajstić information content (AvgIpc) is 3.09. The Labute approximate surface area is 104 Å². The van der Waals surface area contributed by atoms with Crippen LogP contribution in [0.25, 0.3) is 0 Å². The number of fused-ring (bicyclic) bond motifs is 1. The molecule has 1 aliphatic heterocycles. The van der Waals surface area contributed by atoms with Crippen LogP contribution in [-0.2, 0) is 13.0 Å². The second kappa shape index (κ2) is 4.43. The monoisotopic (exact) mass is 230 g/mol. The smallest absolute Gasteiger partial charge is 0.0236 e. The fourth-order valence-electron chi connectivity index (χ4n) is 3.13. The second-order valence-electron chi connectivity index (χ2n) is 5.77. The van der Waals surface area contributed by atoms with E-state index in [1.165, 1.54) is 44.3 Å². The minimum Gasteiger partial charge on any atom is -0.330 e. The first-order valence-electron chi connectivity index (χ1n) is 6.81. The second-order valence-corrected chi connectivity index (χ2v) is 5.77. The van der Waals surface area contributed by atoms with Gasteiger partial charge in [-0.05, 0) is 48.8 Å². The van der Waals surface area contributed by atoms with Gasteiger partial charge < -0.3 is 5.73 Å². The van der Waals surface area contributed by atoms with Crippen molar-refractivity contribution in [2.45, 2.75) is 32.2 Å². The first-order chi connectivity index (χ1) is 8.31. The van der Waals surface area contributed by atoms with E-state index in [1.54, 1.807) is 5.56 Å². The molecule has 1 fully saturated rings. The van der Waals surface area contributed by atoms with Crippen LogP contribution < -0.4 is 5.73 Å². The van der Waals surface area contributed by atoms with Gasteiger partial charge in [0.2, 0.25) is 0 Å². The van der Waals surface area contributed by atoms with Crippen molar-refractivity contribution in [2.24, 2.45) is 11.1 Å². The zero-order valence-electron chi connectivity index (χ0n) is 10.5. The van der Waals surface area contributed by atoms with E-state index in [0.717, 1.165) is 13.1 Å². The lowest BCUT2D eigenvalue weighted by molar-refractivity contribution is 0.198. The maximum Gasteiger partial charge on any atom is 0.0236 e. The number of hydrogen-bond donors (Lipinski definition) is 1. The summed E-state index contributed by atoms with van der Waals surface area (Å²) in [4.78, 5) is 2.63. The first-order valence-corrected chi connectivity index (χ1v) is 6.81. The molecule has 1 aliphatic carbocycles. The maximum atomic E-state index is 5.72. The molecule has 1 aromatic carbocycles. The van der Waals surface area contributed by atoms with Crippen molar-refractivity contribution in [1.82, 2.24) is 4.90 Å². The van der Waals surface area contributed by atoms with E-state index in [-0.39, 0.29) is 0 Å². The Bertz CT molecular complexity index is 396. The van der Waals surface area contributed by atoms with Gasteiger partial charge in [0.25, 0.3) is 0 Å². The molecule has 0 aromatic heterocycles. The highest BCUT2D eigenvalue weighted by molar-refractivity contribution is 5.29. The summed E-state index contributed by atoms with van der Waals surface area (Å²) >= 11 is 0. The van der Waals surface area contributed by atoms with Gasteiger partial charge in [-0.15, -0.1) is 0 Å². The molecule has 1 heterocycles. The third kappa shape index (κ3) is 2.38. The van der Waals surface area contributed by atoms with Crippen LogP contribution in [0.4, 0.5) is 0 Å². The summed E-state index contributed by atoms with van der Waals surface area (Å²) in [5.74, 6) is 0. The summed E-state index contributed by atoms with van der Waals surface area (Å²) in [6.45, 7) is 4.48. The Morgan fingerprint density at radius 2 is 1.94 bits per heavy atom. The fourth-order valence-corrected chi connectivity index (χ4v) is 3.13. The molecule has 2 aliphatic rings. The fraction of sp³-hybridized carbons (Fsp3) is 0.600. The summed E-state index contributed by atoms with van der Waals surface area (Å²) in [6, 6.07) is 8.88. The molecule has 0 atom stereocenters. The lowest BCUT2D eigenvalue weighted by Crippen LogP contribution is -2.35. The van der Waals surface area contributed by atoms with E-state index in [2.05, 4.69) is 29.2 Å². The SMILES string of the molecule is NCCC1(CN2CCc3ccccc3C2)CC1. The summed E-state index contributed by atoms with van der Waals surface area (Å²) in [5.41, 5.74) is 9.38. The third-order valence-electron chi connectivity index (χ3n) is 4.40. The van der Waals surface area contributed by atoms with Gasteiger partial charge in [-0.1, -0.05) is 24.3 Å². The van der Waals surface area contributed by atoms with Gasteiger partial charge >= 0.3 is 0 Å². The van der Waals surface area contributed by atoms with E-state index >= 15 is 0 Å². The van der Waals surface area contributed by atoms with E-state index in [1.807, 2.05) is 0 Å². The molecule has 0 amide bonds. The van der Waals surface area contributed by atoms with Crippen molar-refractivity contribution in [3.05, 3.63) is 35.4 Å². The molecule has 2 nitrogen and oxygen atoms in total. The van der Waals surface area contributed by atoms with Crippen LogP contribution in [0, 0.1) is 5.41 Å². The van der Waals surface area contributed by atoms with Gasteiger partial charge in [-0.25, -0.2) is 0 Å². The number of rotatable bonds is 4. The zero-order chi connectivity index (χ0) is 11.7. The summed E-state index contributed by atoms with van der Waals surface area (Å²) < 4.78 is 0. The third-order valence-corrected chi connectivity index (χ3v) is 4.40. The average molecular weight is 230 g/mol. The molecule has 2 N–H and O–H groups in total. The Morgan fingerprint density at radius 1 is 1.18 bits per heavy atom. The highest BCUT2D eigenvalue weighted by Gasteiger charge is 2.43. The molecular formula is C15H22N2. The Kier molecular flexibility index (Phi) is 2.93. The molecule has 0 radical (unpaired) electrons. The zero-order valence-corrected chi connectivity index (χ0v) is 10.5. The van der Waals surface area contributed by atoms with Crippen molar-refractivity contribution >= 4 is 0 Å². The highest BCUT2D eigenvalue weighted by atomic mass is 15.1. The van der Waals surface area contributed by atoms with Crippen LogP contribution in [0.5, 0.6) is 0 Å².